The summed E-state index contributed by atoms with van der Waals surface area (Å²) in [7, 11) is 1.85. The maximum Gasteiger partial charge on any atom is 0.293 e. The second kappa shape index (κ2) is 10.0. The summed E-state index contributed by atoms with van der Waals surface area (Å²) in [5, 5.41) is 14.4. The van der Waals surface area contributed by atoms with Gasteiger partial charge in [-0.25, -0.2) is 0 Å². The van der Waals surface area contributed by atoms with Crippen LogP contribution < -0.4 is 10.2 Å². The summed E-state index contributed by atoms with van der Waals surface area (Å²) in [5.41, 5.74) is 1.83. The number of nitro benzene ring substituents is 1. The van der Waals surface area contributed by atoms with Crippen LogP contribution in [0.2, 0.25) is 0 Å². The van der Waals surface area contributed by atoms with E-state index < -0.39 is 10.8 Å². The molecule has 8 nitrogen and oxygen atoms in total. The minimum absolute atomic E-state index is 0.0205. The van der Waals surface area contributed by atoms with E-state index in [0.29, 0.717) is 16.9 Å². The number of benzene rings is 2. The van der Waals surface area contributed by atoms with Gasteiger partial charge in [-0.05, 0) is 62.1 Å². The van der Waals surface area contributed by atoms with E-state index in [9.17, 15) is 19.7 Å². The molecule has 174 valence electrons. The molecular weight excluding hydrogens is 420 g/mol. The number of nitrogens with zero attached hydrogens (tertiary/aromatic N) is 3. The van der Waals surface area contributed by atoms with Crippen LogP contribution in [0.1, 0.15) is 65.7 Å². The van der Waals surface area contributed by atoms with Gasteiger partial charge in [-0.2, -0.15) is 0 Å². The molecule has 2 aromatic carbocycles. The van der Waals surface area contributed by atoms with Crippen molar-refractivity contribution in [2.24, 2.45) is 0 Å². The lowest BCUT2D eigenvalue weighted by molar-refractivity contribution is -0.384. The molecule has 1 saturated carbocycles. The van der Waals surface area contributed by atoms with Gasteiger partial charge in [0.1, 0.15) is 5.69 Å². The van der Waals surface area contributed by atoms with E-state index in [0.717, 1.165) is 51.6 Å². The average molecular weight is 451 g/mol. The number of amides is 2. The van der Waals surface area contributed by atoms with Gasteiger partial charge in [-0.1, -0.05) is 19.3 Å². The third kappa shape index (κ3) is 5.16. The first kappa shape index (κ1) is 22.8. The van der Waals surface area contributed by atoms with Crippen molar-refractivity contribution in [3.05, 3.63) is 63.7 Å². The molecule has 0 atom stereocenters. The topological polar surface area (TPSA) is 95.8 Å². The van der Waals surface area contributed by atoms with Crippen molar-refractivity contribution in [3.63, 3.8) is 0 Å². The Bertz CT molecular complexity index is 1030. The van der Waals surface area contributed by atoms with E-state index in [1.807, 2.05) is 16.8 Å². The Kier molecular flexibility index (Phi) is 6.91. The van der Waals surface area contributed by atoms with E-state index in [2.05, 4.69) is 5.32 Å². The third-order valence-electron chi connectivity index (χ3n) is 6.71. The van der Waals surface area contributed by atoms with E-state index in [1.165, 1.54) is 12.5 Å². The maximum absolute atomic E-state index is 12.8. The molecule has 2 amide bonds. The second-order valence-corrected chi connectivity index (χ2v) is 8.89. The van der Waals surface area contributed by atoms with Crippen LogP contribution in [-0.4, -0.2) is 47.8 Å². The first-order chi connectivity index (χ1) is 15.9. The number of carbonyl (C=O) groups excluding carboxylic acids is 2. The third-order valence-corrected chi connectivity index (χ3v) is 6.71. The molecule has 1 aliphatic carbocycles. The fraction of sp³-hybridized carbons (Fsp3) is 0.440. The zero-order valence-corrected chi connectivity index (χ0v) is 19.0. The van der Waals surface area contributed by atoms with Crippen LogP contribution in [0.5, 0.6) is 0 Å². The first-order valence-electron chi connectivity index (χ1n) is 11.7. The summed E-state index contributed by atoms with van der Waals surface area (Å²) in [6.07, 6.45) is 7.65. The molecule has 8 heteroatoms. The number of hydrogen-bond donors (Lipinski definition) is 1. The predicted molar refractivity (Wildman–Crippen MR) is 128 cm³/mol. The van der Waals surface area contributed by atoms with Crippen LogP contribution in [-0.2, 0) is 0 Å². The lowest BCUT2D eigenvalue weighted by atomic mass is 9.94. The molecule has 33 heavy (non-hydrogen) atoms. The van der Waals surface area contributed by atoms with Gasteiger partial charge in [0.15, 0.2) is 0 Å². The highest BCUT2D eigenvalue weighted by Crippen LogP contribution is 2.32. The number of hydrogen-bond acceptors (Lipinski definition) is 5. The number of carbonyl (C=O) groups is 2. The van der Waals surface area contributed by atoms with Crippen molar-refractivity contribution in [1.82, 2.24) is 4.90 Å². The molecule has 1 aliphatic heterocycles. The average Bonchev–Trinajstić information content (AvgIpc) is 3.38. The van der Waals surface area contributed by atoms with Crippen molar-refractivity contribution in [2.45, 2.75) is 51.0 Å². The molecule has 2 aromatic rings. The van der Waals surface area contributed by atoms with Crippen LogP contribution in [0.4, 0.5) is 17.1 Å². The molecule has 2 aliphatic rings. The zero-order chi connectivity index (χ0) is 23.4. The molecule has 1 saturated heterocycles. The zero-order valence-electron chi connectivity index (χ0n) is 19.0. The SMILES string of the molecule is CN(C(=O)c1ccc(NC(=O)c2ccc(N3CCCC3)c([N+](=O)[O-])c2)cc1)C1CCCCC1. The minimum Gasteiger partial charge on any atom is -0.366 e. The lowest BCUT2D eigenvalue weighted by Crippen LogP contribution is -2.38. The summed E-state index contributed by atoms with van der Waals surface area (Å²) in [5.74, 6) is -0.447. The van der Waals surface area contributed by atoms with Gasteiger partial charge in [0.25, 0.3) is 17.5 Å². The van der Waals surface area contributed by atoms with E-state index in [-0.39, 0.29) is 23.2 Å². The number of nitrogens with one attached hydrogen (secondary N) is 1. The van der Waals surface area contributed by atoms with Crippen molar-refractivity contribution >= 4 is 28.9 Å². The van der Waals surface area contributed by atoms with Gasteiger partial charge >= 0.3 is 0 Å². The summed E-state index contributed by atoms with van der Waals surface area (Å²) >= 11 is 0. The Balaban J connectivity index is 1.43. The molecular formula is C25H30N4O4. The van der Waals surface area contributed by atoms with Crippen LogP contribution in [0.25, 0.3) is 0 Å². The minimum atomic E-state index is -0.437. The van der Waals surface area contributed by atoms with Gasteiger partial charge in [0, 0.05) is 49.1 Å². The van der Waals surface area contributed by atoms with Crippen LogP contribution >= 0.6 is 0 Å². The molecule has 0 bridgehead atoms. The monoisotopic (exact) mass is 450 g/mol. The molecule has 0 spiro atoms. The maximum atomic E-state index is 12.8. The smallest absolute Gasteiger partial charge is 0.293 e. The van der Waals surface area contributed by atoms with Gasteiger partial charge in [0.2, 0.25) is 0 Å². The number of nitro groups is 1. The normalized spacial score (nSPS) is 16.5. The molecule has 1 heterocycles. The summed E-state index contributed by atoms with van der Waals surface area (Å²) in [4.78, 5) is 40.5. The quantitative estimate of drug-likeness (QED) is 0.501. The van der Waals surface area contributed by atoms with Gasteiger partial charge in [0.05, 0.1) is 4.92 Å². The van der Waals surface area contributed by atoms with Crippen LogP contribution in [0.3, 0.4) is 0 Å². The van der Waals surface area contributed by atoms with Crippen molar-refractivity contribution < 1.29 is 14.5 Å². The standard InChI is InChI=1S/C25H30N4O4/c1-27(21-7-3-2-4-8-21)25(31)18-9-12-20(13-10-18)26-24(30)19-11-14-22(23(17-19)29(32)33)28-15-5-6-16-28/h9-14,17,21H,2-8,15-16H2,1H3,(H,26,30). The van der Waals surface area contributed by atoms with Crippen molar-refractivity contribution in [3.8, 4) is 0 Å². The highest BCUT2D eigenvalue weighted by atomic mass is 16.6. The van der Waals surface area contributed by atoms with E-state index in [1.54, 1.807) is 36.4 Å². The van der Waals surface area contributed by atoms with E-state index in [4.69, 9.17) is 0 Å². The second-order valence-electron chi connectivity index (χ2n) is 8.89. The molecule has 2 fully saturated rings. The number of anilines is 2. The predicted octanol–water partition coefficient (Wildman–Crippen LogP) is 4.85. The fourth-order valence-electron chi connectivity index (χ4n) is 4.77. The van der Waals surface area contributed by atoms with Gasteiger partial charge < -0.3 is 15.1 Å². The Morgan fingerprint density at radius 2 is 1.61 bits per heavy atom. The van der Waals surface area contributed by atoms with E-state index >= 15 is 0 Å². The molecule has 0 unspecified atom stereocenters. The Morgan fingerprint density at radius 1 is 0.970 bits per heavy atom. The molecule has 0 aromatic heterocycles. The highest BCUT2D eigenvalue weighted by Gasteiger charge is 2.25. The van der Waals surface area contributed by atoms with Crippen molar-refractivity contribution in [2.75, 3.05) is 30.4 Å². The largest absolute Gasteiger partial charge is 0.366 e. The van der Waals surface area contributed by atoms with Gasteiger partial charge in [-0.3, -0.25) is 19.7 Å². The molecule has 0 radical (unpaired) electrons. The van der Waals surface area contributed by atoms with Gasteiger partial charge in [-0.15, -0.1) is 0 Å². The van der Waals surface area contributed by atoms with Crippen molar-refractivity contribution in [1.29, 1.82) is 0 Å². The summed E-state index contributed by atoms with van der Waals surface area (Å²) in [6, 6.07) is 11.7. The molecule has 1 N–H and O–H groups in total. The number of rotatable bonds is 6. The lowest BCUT2D eigenvalue weighted by Gasteiger charge is -2.31. The highest BCUT2D eigenvalue weighted by molar-refractivity contribution is 6.05. The first-order valence-corrected chi connectivity index (χ1v) is 11.7. The summed E-state index contributed by atoms with van der Waals surface area (Å²) in [6.45, 7) is 1.57. The van der Waals surface area contributed by atoms with Crippen LogP contribution in [0, 0.1) is 10.1 Å². The molecule has 4 rings (SSSR count). The summed E-state index contributed by atoms with van der Waals surface area (Å²) < 4.78 is 0. The Hall–Kier alpha value is -3.42. The van der Waals surface area contributed by atoms with Crippen LogP contribution in [0.15, 0.2) is 42.5 Å². The Morgan fingerprint density at radius 3 is 2.24 bits per heavy atom. The Labute approximate surface area is 193 Å². The fourth-order valence-corrected chi connectivity index (χ4v) is 4.77.